The second-order valence-electron chi connectivity index (χ2n) is 5.93. The number of alkyl halides is 2. The first-order valence-electron chi connectivity index (χ1n) is 7.92. The number of thiophene rings is 1. The number of hydrogen-bond acceptors (Lipinski definition) is 7. The van der Waals surface area contributed by atoms with E-state index in [2.05, 4.69) is 36.9 Å². The van der Waals surface area contributed by atoms with Crippen LogP contribution in [0.15, 0.2) is 34.3 Å². The molecule has 0 unspecified atom stereocenters. The maximum atomic E-state index is 12.5. The first-order valence-corrected chi connectivity index (χ1v) is 8.80. The summed E-state index contributed by atoms with van der Waals surface area (Å²) in [5.74, 6) is -0.233. The van der Waals surface area contributed by atoms with Crippen LogP contribution >= 0.6 is 11.3 Å². The molecule has 0 aliphatic heterocycles. The van der Waals surface area contributed by atoms with E-state index in [1.165, 1.54) is 17.3 Å². The fraction of sp³-hybridized carbons (Fsp3) is 0.375. The number of nitrogens with one attached hydrogen (secondary N) is 1. The third-order valence-electron chi connectivity index (χ3n) is 4.33. The number of anilines is 1. The van der Waals surface area contributed by atoms with Crippen molar-refractivity contribution in [2.45, 2.75) is 37.6 Å². The molecule has 4 rings (SSSR count). The lowest BCUT2D eigenvalue weighted by molar-refractivity contribution is 0.116. The third kappa shape index (κ3) is 3.11. The van der Waals surface area contributed by atoms with E-state index < -0.39 is 12.3 Å². The van der Waals surface area contributed by atoms with Crippen molar-refractivity contribution >= 4 is 17.3 Å². The van der Waals surface area contributed by atoms with Gasteiger partial charge in [0.05, 0.1) is 11.1 Å². The Balaban J connectivity index is 1.55. The predicted octanol–water partition coefficient (Wildman–Crippen LogP) is 4.41. The van der Waals surface area contributed by atoms with Crippen LogP contribution in [-0.2, 0) is 5.54 Å². The van der Waals surface area contributed by atoms with E-state index in [0.29, 0.717) is 11.5 Å². The lowest BCUT2D eigenvalue weighted by Gasteiger charge is -2.29. The molecule has 3 aromatic rings. The SMILES string of the molecule is FC(F)c1nnc(-c2cnc(NC3(c4cccs4)CCCC3)nc2)o1. The summed E-state index contributed by atoms with van der Waals surface area (Å²) in [5, 5.41) is 12.4. The molecule has 0 amide bonds. The molecule has 1 N–H and O–H groups in total. The quantitative estimate of drug-likeness (QED) is 0.724. The third-order valence-corrected chi connectivity index (χ3v) is 5.40. The van der Waals surface area contributed by atoms with Gasteiger partial charge in [0.1, 0.15) is 0 Å². The lowest BCUT2D eigenvalue weighted by atomic mass is 9.95. The van der Waals surface area contributed by atoms with Crippen LogP contribution in [0.1, 0.15) is 42.9 Å². The van der Waals surface area contributed by atoms with E-state index in [0.717, 1.165) is 25.7 Å². The second-order valence-corrected chi connectivity index (χ2v) is 6.88. The van der Waals surface area contributed by atoms with E-state index in [4.69, 9.17) is 4.42 Å². The highest BCUT2D eigenvalue weighted by Gasteiger charge is 2.37. The van der Waals surface area contributed by atoms with Gasteiger partial charge in [-0.05, 0) is 24.3 Å². The van der Waals surface area contributed by atoms with Crippen LogP contribution in [0.25, 0.3) is 11.5 Å². The Labute approximate surface area is 146 Å². The van der Waals surface area contributed by atoms with Crippen molar-refractivity contribution in [2.24, 2.45) is 0 Å². The number of halogens is 2. The van der Waals surface area contributed by atoms with Crippen LogP contribution in [0.2, 0.25) is 0 Å². The summed E-state index contributed by atoms with van der Waals surface area (Å²) in [5.41, 5.74) is 0.268. The molecule has 130 valence electrons. The van der Waals surface area contributed by atoms with Crippen molar-refractivity contribution in [2.75, 3.05) is 5.32 Å². The highest BCUT2D eigenvalue weighted by molar-refractivity contribution is 7.10. The molecular weight excluding hydrogens is 348 g/mol. The standard InChI is InChI=1S/C16H15F2N5OS/c17-12(18)14-23-22-13(24-14)10-8-19-15(20-9-10)21-16(5-1-2-6-16)11-4-3-7-25-11/h3-4,7-9,12H,1-2,5-6H2,(H,19,20,21). The number of rotatable bonds is 5. The maximum Gasteiger partial charge on any atom is 0.314 e. The monoisotopic (exact) mass is 363 g/mol. The Morgan fingerprint density at radius 3 is 2.52 bits per heavy atom. The van der Waals surface area contributed by atoms with Gasteiger partial charge in [0.15, 0.2) is 0 Å². The molecule has 0 bridgehead atoms. The lowest BCUT2D eigenvalue weighted by Crippen LogP contribution is -2.32. The number of aromatic nitrogens is 4. The van der Waals surface area contributed by atoms with Crippen LogP contribution in [0.3, 0.4) is 0 Å². The Kier molecular flexibility index (Phi) is 4.16. The zero-order chi connectivity index (χ0) is 17.3. The summed E-state index contributed by atoms with van der Waals surface area (Å²) in [7, 11) is 0. The minimum atomic E-state index is -2.80. The van der Waals surface area contributed by atoms with E-state index in [9.17, 15) is 8.78 Å². The summed E-state index contributed by atoms with van der Waals surface area (Å²) in [4.78, 5) is 9.86. The number of hydrogen-bond donors (Lipinski definition) is 1. The van der Waals surface area contributed by atoms with Gasteiger partial charge < -0.3 is 9.73 Å². The van der Waals surface area contributed by atoms with E-state index in [-0.39, 0.29) is 11.4 Å². The molecule has 3 heterocycles. The maximum absolute atomic E-state index is 12.5. The molecule has 3 aromatic heterocycles. The molecule has 25 heavy (non-hydrogen) atoms. The van der Waals surface area contributed by atoms with Gasteiger partial charge in [0.2, 0.25) is 5.95 Å². The van der Waals surface area contributed by atoms with Crippen molar-refractivity contribution in [3.63, 3.8) is 0 Å². The topological polar surface area (TPSA) is 76.7 Å². The van der Waals surface area contributed by atoms with Crippen molar-refractivity contribution in [3.05, 3.63) is 40.7 Å². The molecule has 1 aliphatic rings. The average Bonchev–Trinajstić information content (AvgIpc) is 3.37. The number of nitrogens with zero attached hydrogens (tertiary/aromatic N) is 4. The summed E-state index contributed by atoms with van der Waals surface area (Å²) < 4.78 is 30.0. The fourth-order valence-electron chi connectivity index (χ4n) is 3.12. The van der Waals surface area contributed by atoms with Crippen LogP contribution in [0.4, 0.5) is 14.7 Å². The first kappa shape index (κ1) is 16.1. The molecule has 1 fully saturated rings. The normalized spacial score (nSPS) is 16.4. The van der Waals surface area contributed by atoms with Crippen molar-refractivity contribution in [3.8, 4) is 11.5 Å². The molecule has 0 spiro atoms. The molecule has 0 saturated heterocycles. The van der Waals surface area contributed by atoms with Gasteiger partial charge in [-0.2, -0.15) is 8.78 Å². The highest BCUT2D eigenvalue weighted by atomic mass is 32.1. The zero-order valence-corrected chi connectivity index (χ0v) is 14.0. The zero-order valence-electron chi connectivity index (χ0n) is 13.2. The van der Waals surface area contributed by atoms with Crippen molar-refractivity contribution < 1.29 is 13.2 Å². The van der Waals surface area contributed by atoms with Gasteiger partial charge in [-0.1, -0.05) is 18.9 Å². The predicted molar refractivity (Wildman–Crippen MR) is 88.4 cm³/mol. The minimum Gasteiger partial charge on any atom is -0.415 e. The van der Waals surface area contributed by atoms with E-state index in [1.54, 1.807) is 11.3 Å². The fourth-order valence-corrected chi connectivity index (χ4v) is 4.06. The van der Waals surface area contributed by atoms with Crippen LogP contribution in [0.5, 0.6) is 0 Å². The Hall–Kier alpha value is -2.42. The Bertz CT molecular complexity index is 829. The molecule has 0 radical (unpaired) electrons. The van der Waals surface area contributed by atoms with E-state index in [1.807, 2.05) is 6.07 Å². The summed E-state index contributed by atoms with van der Waals surface area (Å²) in [6.07, 6.45) is 4.56. The summed E-state index contributed by atoms with van der Waals surface area (Å²) >= 11 is 1.72. The largest absolute Gasteiger partial charge is 0.415 e. The molecule has 1 aliphatic carbocycles. The van der Waals surface area contributed by atoms with Gasteiger partial charge in [0.25, 0.3) is 11.8 Å². The molecule has 1 saturated carbocycles. The van der Waals surface area contributed by atoms with Gasteiger partial charge in [0, 0.05) is 17.3 Å². The van der Waals surface area contributed by atoms with Gasteiger partial charge in [-0.15, -0.1) is 21.5 Å². The summed E-state index contributed by atoms with van der Waals surface area (Å²) in [6, 6.07) is 4.17. The van der Waals surface area contributed by atoms with Gasteiger partial charge >= 0.3 is 6.43 Å². The van der Waals surface area contributed by atoms with Gasteiger partial charge in [-0.3, -0.25) is 0 Å². The molecule has 9 heteroatoms. The smallest absolute Gasteiger partial charge is 0.314 e. The molecule has 0 aromatic carbocycles. The highest BCUT2D eigenvalue weighted by Crippen LogP contribution is 2.42. The summed E-state index contributed by atoms with van der Waals surface area (Å²) in [6.45, 7) is 0. The first-order chi connectivity index (χ1) is 12.2. The second kappa shape index (κ2) is 6.47. The van der Waals surface area contributed by atoms with Crippen LogP contribution < -0.4 is 5.32 Å². The molecule has 6 nitrogen and oxygen atoms in total. The minimum absolute atomic E-state index is 0.0179. The average molecular weight is 363 g/mol. The van der Waals surface area contributed by atoms with Gasteiger partial charge in [-0.25, -0.2) is 9.97 Å². The molecular formula is C16H15F2N5OS. The van der Waals surface area contributed by atoms with Crippen LogP contribution in [0, 0.1) is 0 Å². The van der Waals surface area contributed by atoms with Crippen molar-refractivity contribution in [1.82, 2.24) is 20.2 Å². The van der Waals surface area contributed by atoms with Crippen LogP contribution in [-0.4, -0.2) is 20.2 Å². The Morgan fingerprint density at radius 2 is 1.92 bits per heavy atom. The van der Waals surface area contributed by atoms with Crippen molar-refractivity contribution in [1.29, 1.82) is 0 Å². The van der Waals surface area contributed by atoms with E-state index >= 15 is 0 Å². The molecule has 0 atom stereocenters. The Morgan fingerprint density at radius 1 is 1.16 bits per heavy atom.